The molecule has 1 aromatic heterocycles. The van der Waals surface area contributed by atoms with Crippen LogP contribution in [0.1, 0.15) is 48.6 Å². The Morgan fingerprint density at radius 1 is 1.42 bits per heavy atom. The lowest BCUT2D eigenvalue weighted by atomic mass is 10.1. The topological polar surface area (TPSA) is 91.6 Å². The normalized spacial score (nSPS) is 21.9. The number of rotatable bonds is 6. The second kappa shape index (κ2) is 7.29. The maximum atomic E-state index is 12.2. The molecule has 1 saturated heterocycles. The molecule has 0 radical (unpaired) electrons. The number of amides is 2. The van der Waals surface area contributed by atoms with Crippen LogP contribution >= 0.6 is 0 Å². The van der Waals surface area contributed by atoms with E-state index in [-0.39, 0.29) is 11.7 Å². The second-order valence-electron chi connectivity index (χ2n) is 6.84. The van der Waals surface area contributed by atoms with E-state index in [1.54, 1.807) is 0 Å². The third-order valence-corrected chi connectivity index (χ3v) is 4.88. The number of hydrogen-bond acceptors (Lipinski definition) is 6. The molecule has 24 heavy (non-hydrogen) atoms. The highest BCUT2D eigenvalue weighted by Gasteiger charge is 2.35. The predicted molar refractivity (Wildman–Crippen MR) is 86.1 cm³/mol. The van der Waals surface area contributed by atoms with Crippen LogP contribution in [0.25, 0.3) is 0 Å². The van der Waals surface area contributed by atoms with E-state index < -0.39 is 0 Å². The van der Waals surface area contributed by atoms with Crippen LogP contribution in [-0.2, 0) is 11.3 Å². The fourth-order valence-electron chi connectivity index (χ4n) is 3.76. The molecule has 2 aliphatic rings. The van der Waals surface area contributed by atoms with Gasteiger partial charge in [-0.05, 0) is 25.8 Å². The van der Waals surface area contributed by atoms with Crippen LogP contribution in [0.2, 0.25) is 0 Å². The van der Waals surface area contributed by atoms with Gasteiger partial charge >= 0.3 is 0 Å². The van der Waals surface area contributed by atoms with Gasteiger partial charge in [-0.2, -0.15) is 4.98 Å². The Hall–Kier alpha value is -1.96. The van der Waals surface area contributed by atoms with E-state index in [0.717, 1.165) is 25.9 Å². The van der Waals surface area contributed by atoms with Gasteiger partial charge in [0.2, 0.25) is 11.8 Å². The zero-order valence-electron chi connectivity index (χ0n) is 14.3. The minimum atomic E-state index is -0.360. The lowest BCUT2D eigenvalue weighted by molar-refractivity contribution is -0.129. The minimum absolute atomic E-state index is 0.0457. The Labute approximate surface area is 141 Å². The van der Waals surface area contributed by atoms with Crippen molar-refractivity contribution in [3.05, 3.63) is 11.7 Å². The van der Waals surface area contributed by atoms with Crippen molar-refractivity contribution in [3.63, 3.8) is 0 Å². The van der Waals surface area contributed by atoms with Crippen molar-refractivity contribution >= 4 is 11.8 Å². The Morgan fingerprint density at radius 3 is 2.88 bits per heavy atom. The van der Waals surface area contributed by atoms with Crippen molar-refractivity contribution in [1.82, 2.24) is 25.3 Å². The van der Waals surface area contributed by atoms with Gasteiger partial charge < -0.3 is 14.7 Å². The molecule has 2 amide bonds. The molecule has 1 N–H and O–H groups in total. The lowest BCUT2D eigenvalue weighted by Gasteiger charge is -2.25. The molecular weight excluding hydrogens is 310 g/mol. The summed E-state index contributed by atoms with van der Waals surface area (Å²) in [5.74, 6) is 0.725. The van der Waals surface area contributed by atoms with Crippen molar-refractivity contribution < 1.29 is 14.1 Å². The molecule has 0 unspecified atom stereocenters. The third kappa shape index (κ3) is 3.75. The van der Waals surface area contributed by atoms with Gasteiger partial charge in [0.25, 0.3) is 11.7 Å². The molecule has 1 aliphatic carbocycles. The molecule has 132 valence electrons. The highest BCUT2D eigenvalue weighted by molar-refractivity contribution is 5.89. The number of carbonyl (C=O) groups is 2. The summed E-state index contributed by atoms with van der Waals surface area (Å²) in [6.45, 7) is 2.12. The summed E-state index contributed by atoms with van der Waals surface area (Å²) in [5.41, 5.74) is 0. The van der Waals surface area contributed by atoms with Crippen molar-refractivity contribution in [3.8, 4) is 0 Å². The summed E-state index contributed by atoms with van der Waals surface area (Å²) in [7, 11) is 3.49. The molecule has 1 atom stereocenters. The van der Waals surface area contributed by atoms with Gasteiger partial charge in [-0.1, -0.05) is 18.0 Å². The zero-order valence-corrected chi connectivity index (χ0v) is 14.3. The van der Waals surface area contributed by atoms with Gasteiger partial charge in [0.15, 0.2) is 0 Å². The van der Waals surface area contributed by atoms with Crippen LogP contribution in [0.4, 0.5) is 0 Å². The monoisotopic (exact) mass is 335 g/mol. The number of hydrogen-bond donors (Lipinski definition) is 1. The van der Waals surface area contributed by atoms with E-state index in [0.29, 0.717) is 36.7 Å². The first-order valence-electron chi connectivity index (χ1n) is 8.59. The largest absolute Gasteiger partial charge is 0.352 e. The second-order valence-corrected chi connectivity index (χ2v) is 6.84. The molecule has 3 rings (SSSR count). The summed E-state index contributed by atoms with van der Waals surface area (Å²) < 4.78 is 5.11. The molecule has 1 saturated carbocycles. The molecule has 0 aromatic carbocycles. The quantitative estimate of drug-likeness (QED) is 0.821. The minimum Gasteiger partial charge on any atom is -0.352 e. The van der Waals surface area contributed by atoms with Gasteiger partial charge in [0, 0.05) is 32.6 Å². The average Bonchev–Trinajstić information content (AvgIpc) is 3.27. The SMILES string of the molecule is CNC(=O)c1noc(CN(C)C[C@@H]2CC(=O)N(C3CCCC3)C2)n1. The molecule has 0 bridgehead atoms. The van der Waals surface area contributed by atoms with Crippen LogP contribution in [0.5, 0.6) is 0 Å². The van der Waals surface area contributed by atoms with Crippen molar-refractivity contribution in [2.45, 2.75) is 44.7 Å². The van der Waals surface area contributed by atoms with Gasteiger partial charge in [0.05, 0.1) is 6.54 Å². The van der Waals surface area contributed by atoms with Gasteiger partial charge in [-0.25, -0.2) is 0 Å². The van der Waals surface area contributed by atoms with E-state index in [1.165, 1.54) is 19.9 Å². The van der Waals surface area contributed by atoms with Crippen LogP contribution in [0.15, 0.2) is 4.52 Å². The van der Waals surface area contributed by atoms with Gasteiger partial charge in [0.1, 0.15) is 0 Å². The van der Waals surface area contributed by atoms with Crippen LogP contribution in [-0.4, -0.2) is 65.0 Å². The summed E-state index contributed by atoms with van der Waals surface area (Å²) in [6.07, 6.45) is 5.40. The Balaban J connectivity index is 1.50. The Kier molecular flexibility index (Phi) is 5.13. The van der Waals surface area contributed by atoms with E-state index in [4.69, 9.17) is 4.52 Å². The number of carbonyl (C=O) groups excluding carboxylic acids is 2. The Bertz CT molecular complexity index is 596. The summed E-state index contributed by atoms with van der Waals surface area (Å²) in [4.78, 5) is 31.9. The highest BCUT2D eigenvalue weighted by atomic mass is 16.5. The fraction of sp³-hybridized carbons (Fsp3) is 0.750. The van der Waals surface area contributed by atoms with E-state index >= 15 is 0 Å². The van der Waals surface area contributed by atoms with Crippen LogP contribution < -0.4 is 5.32 Å². The van der Waals surface area contributed by atoms with E-state index in [9.17, 15) is 9.59 Å². The van der Waals surface area contributed by atoms with Crippen molar-refractivity contribution in [2.24, 2.45) is 5.92 Å². The van der Waals surface area contributed by atoms with Gasteiger partial charge in [-0.3, -0.25) is 14.5 Å². The summed E-state index contributed by atoms with van der Waals surface area (Å²) in [5, 5.41) is 6.12. The summed E-state index contributed by atoms with van der Waals surface area (Å²) in [6, 6.07) is 0.457. The molecular formula is C16H25N5O3. The fourth-order valence-corrected chi connectivity index (χ4v) is 3.76. The predicted octanol–water partition coefficient (Wildman–Crippen LogP) is 0.652. The van der Waals surface area contributed by atoms with Crippen LogP contribution in [0.3, 0.4) is 0 Å². The standard InChI is InChI=1S/C16H25N5O3/c1-17-16(23)15-18-13(24-19-15)10-20(2)8-11-7-14(22)21(9-11)12-5-3-4-6-12/h11-12H,3-10H2,1-2H3,(H,17,23)/t11-/m0/s1. The number of aromatic nitrogens is 2. The third-order valence-electron chi connectivity index (χ3n) is 4.88. The van der Waals surface area contributed by atoms with Crippen molar-refractivity contribution in [1.29, 1.82) is 0 Å². The molecule has 2 fully saturated rings. The molecule has 8 nitrogen and oxygen atoms in total. The average molecular weight is 335 g/mol. The molecule has 2 heterocycles. The number of nitrogens with one attached hydrogen (secondary N) is 1. The smallest absolute Gasteiger partial charge is 0.292 e. The number of nitrogens with zero attached hydrogens (tertiary/aromatic N) is 4. The van der Waals surface area contributed by atoms with Crippen molar-refractivity contribution in [2.75, 3.05) is 27.2 Å². The molecule has 1 aromatic rings. The summed E-state index contributed by atoms with van der Waals surface area (Å²) >= 11 is 0. The highest BCUT2D eigenvalue weighted by Crippen LogP contribution is 2.29. The maximum absolute atomic E-state index is 12.2. The molecule has 8 heteroatoms. The van der Waals surface area contributed by atoms with E-state index in [2.05, 4.69) is 25.3 Å². The molecule has 0 spiro atoms. The van der Waals surface area contributed by atoms with E-state index in [1.807, 2.05) is 7.05 Å². The first-order chi connectivity index (χ1) is 11.6. The van der Waals surface area contributed by atoms with Crippen LogP contribution in [0, 0.1) is 5.92 Å². The lowest BCUT2D eigenvalue weighted by Crippen LogP contribution is -2.35. The maximum Gasteiger partial charge on any atom is 0.292 e. The molecule has 1 aliphatic heterocycles. The van der Waals surface area contributed by atoms with Gasteiger partial charge in [-0.15, -0.1) is 0 Å². The Morgan fingerprint density at radius 2 is 2.17 bits per heavy atom. The number of likely N-dealkylation sites (tertiary alicyclic amines) is 1. The zero-order chi connectivity index (χ0) is 17.1. The first kappa shape index (κ1) is 16.9. The first-order valence-corrected chi connectivity index (χ1v) is 8.59.